The Hall–Kier alpha value is -1.56. The number of amides is 1. The lowest BCUT2D eigenvalue weighted by molar-refractivity contribution is -0.142. The van der Waals surface area contributed by atoms with Gasteiger partial charge in [-0.3, -0.25) is 9.59 Å². The number of benzene rings is 1. The van der Waals surface area contributed by atoms with Crippen LogP contribution in [0.3, 0.4) is 0 Å². The second-order valence-corrected chi connectivity index (χ2v) is 5.20. The average Bonchev–Trinajstić information content (AvgIpc) is 2.42. The number of nitrogens with one attached hydrogen (secondary N) is 1. The monoisotopic (exact) mass is 343 g/mol. The highest BCUT2D eigenvalue weighted by Gasteiger charge is 2.17. The molecule has 1 aromatic rings. The first-order valence-corrected chi connectivity index (χ1v) is 7.20. The lowest BCUT2D eigenvalue weighted by atomic mass is 10.0. The zero-order valence-corrected chi connectivity index (χ0v) is 12.9. The number of rotatable bonds is 8. The van der Waals surface area contributed by atoms with E-state index in [4.69, 9.17) is 9.84 Å². The highest BCUT2D eigenvalue weighted by atomic mass is 79.9. The van der Waals surface area contributed by atoms with Gasteiger partial charge in [-0.1, -0.05) is 25.5 Å². The van der Waals surface area contributed by atoms with Crippen LogP contribution in [0.15, 0.2) is 28.7 Å². The van der Waals surface area contributed by atoms with E-state index in [0.717, 1.165) is 10.9 Å². The fourth-order valence-corrected chi connectivity index (χ4v) is 2.05. The normalized spacial score (nSPS) is 11.7. The van der Waals surface area contributed by atoms with Gasteiger partial charge in [0, 0.05) is 6.54 Å². The van der Waals surface area contributed by atoms with Crippen LogP contribution in [0.1, 0.15) is 19.8 Å². The summed E-state index contributed by atoms with van der Waals surface area (Å²) in [5.74, 6) is -1.19. The van der Waals surface area contributed by atoms with E-state index in [9.17, 15) is 9.59 Å². The Kier molecular flexibility index (Phi) is 7.08. The predicted molar refractivity (Wildman–Crippen MR) is 78.7 cm³/mol. The number of carboxylic acid groups (broad SMARTS) is 1. The van der Waals surface area contributed by atoms with Gasteiger partial charge in [0.2, 0.25) is 0 Å². The summed E-state index contributed by atoms with van der Waals surface area (Å²) in [5.41, 5.74) is 0. The molecule has 2 N–H and O–H groups in total. The quantitative estimate of drug-likeness (QED) is 0.760. The molecule has 0 aliphatic rings. The predicted octanol–water partition coefficient (Wildman–Crippen LogP) is 2.45. The molecular formula is C14H18BrNO4. The molecule has 1 aromatic carbocycles. The van der Waals surface area contributed by atoms with Gasteiger partial charge in [0.05, 0.1) is 10.4 Å². The number of hydrogen-bond acceptors (Lipinski definition) is 3. The zero-order valence-electron chi connectivity index (χ0n) is 11.3. The summed E-state index contributed by atoms with van der Waals surface area (Å²) in [7, 11) is 0. The standard InChI is InChI=1S/C14H18BrNO4/c1-2-5-10(14(18)19)8-16-13(17)9-20-12-7-4-3-6-11(12)15/h3-4,6-7,10H,2,5,8-9H2,1H3,(H,16,17)(H,18,19). The molecule has 0 aromatic heterocycles. The highest BCUT2D eigenvalue weighted by Crippen LogP contribution is 2.23. The number of hydrogen-bond donors (Lipinski definition) is 2. The number of carbonyl (C=O) groups is 2. The molecule has 0 heterocycles. The van der Waals surface area contributed by atoms with E-state index in [2.05, 4.69) is 21.2 Å². The maximum absolute atomic E-state index is 11.6. The van der Waals surface area contributed by atoms with Crippen molar-refractivity contribution in [3.8, 4) is 5.75 Å². The molecule has 1 amide bonds. The molecule has 0 bridgehead atoms. The number of aliphatic carboxylic acids is 1. The third-order valence-corrected chi connectivity index (χ3v) is 3.38. The number of halogens is 1. The molecular weight excluding hydrogens is 326 g/mol. The SMILES string of the molecule is CCCC(CNC(=O)COc1ccccc1Br)C(=O)O. The molecule has 1 atom stereocenters. The minimum Gasteiger partial charge on any atom is -0.483 e. The van der Waals surface area contributed by atoms with Crippen molar-refractivity contribution in [1.29, 1.82) is 0 Å². The summed E-state index contributed by atoms with van der Waals surface area (Å²) in [6, 6.07) is 7.21. The van der Waals surface area contributed by atoms with Crippen LogP contribution in [-0.4, -0.2) is 30.1 Å². The number of ether oxygens (including phenoxy) is 1. The Morgan fingerprint density at radius 3 is 2.70 bits per heavy atom. The molecule has 20 heavy (non-hydrogen) atoms. The fourth-order valence-electron chi connectivity index (χ4n) is 1.65. The van der Waals surface area contributed by atoms with E-state index in [1.165, 1.54) is 0 Å². The van der Waals surface area contributed by atoms with Crippen molar-refractivity contribution in [3.05, 3.63) is 28.7 Å². The first-order valence-electron chi connectivity index (χ1n) is 6.41. The second-order valence-electron chi connectivity index (χ2n) is 4.35. The van der Waals surface area contributed by atoms with Gasteiger partial charge in [-0.2, -0.15) is 0 Å². The third-order valence-electron chi connectivity index (χ3n) is 2.73. The topological polar surface area (TPSA) is 75.6 Å². The molecule has 0 radical (unpaired) electrons. The van der Waals surface area contributed by atoms with Gasteiger partial charge in [-0.05, 0) is 34.5 Å². The molecule has 0 aliphatic heterocycles. The van der Waals surface area contributed by atoms with Gasteiger partial charge in [-0.15, -0.1) is 0 Å². The molecule has 0 saturated carbocycles. The Labute approximate surface area is 126 Å². The summed E-state index contributed by atoms with van der Waals surface area (Å²) >= 11 is 3.31. The summed E-state index contributed by atoms with van der Waals surface area (Å²) in [6.45, 7) is 1.90. The second kappa shape index (κ2) is 8.58. The lowest BCUT2D eigenvalue weighted by Crippen LogP contribution is -2.35. The molecule has 110 valence electrons. The largest absolute Gasteiger partial charge is 0.483 e. The molecule has 1 unspecified atom stereocenters. The van der Waals surface area contributed by atoms with Gasteiger partial charge in [0.15, 0.2) is 6.61 Å². The smallest absolute Gasteiger partial charge is 0.308 e. The van der Waals surface area contributed by atoms with Crippen molar-refractivity contribution in [1.82, 2.24) is 5.32 Å². The van der Waals surface area contributed by atoms with Crippen LogP contribution < -0.4 is 10.1 Å². The van der Waals surface area contributed by atoms with Crippen molar-refractivity contribution in [2.24, 2.45) is 5.92 Å². The number of carbonyl (C=O) groups excluding carboxylic acids is 1. The minimum absolute atomic E-state index is 0.126. The van der Waals surface area contributed by atoms with Crippen LogP contribution in [0.25, 0.3) is 0 Å². The maximum atomic E-state index is 11.6. The van der Waals surface area contributed by atoms with Crippen LogP contribution in [0, 0.1) is 5.92 Å². The highest BCUT2D eigenvalue weighted by molar-refractivity contribution is 9.10. The van der Waals surface area contributed by atoms with E-state index >= 15 is 0 Å². The third kappa shape index (κ3) is 5.61. The fraction of sp³-hybridized carbons (Fsp3) is 0.429. The van der Waals surface area contributed by atoms with Gasteiger partial charge in [-0.25, -0.2) is 0 Å². The lowest BCUT2D eigenvalue weighted by Gasteiger charge is -2.13. The van der Waals surface area contributed by atoms with E-state index in [-0.39, 0.29) is 19.1 Å². The van der Waals surface area contributed by atoms with Crippen LogP contribution >= 0.6 is 15.9 Å². The summed E-state index contributed by atoms with van der Waals surface area (Å²) in [6.07, 6.45) is 1.31. The molecule has 1 rings (SSSR count). The Bertz CT molecular complexity index is 464. The maximum Gasteiger partial charge on any atom is 0.308 e. The Morgan fingerprint density at radius 2 is 2.10 bits per heavy atom. The van der Waals surface area contributed by atoms with Crippen molar-refractivity contribution < 1.29 is 19.4 Å². The molecule has 6 heteroatoms. The van der Waals surface area contributed by atoms with Gasteiger partial charge < -0.3 is 15.2 Å². The first kappa shape index (κ1) is 16.5. The van der Waals surface area contributed by atoms with E-state index in [0.29, 0.717) is 12.2 Å². The van der Waals surface area contributed by atoms with E-state index in [1.54, 1.807) is 12.1 Å². The van der Waals surface area contributed by atoms with E-state index < -0.39 is 11.9 Å². The summed E-state index contributed by atoms with van der Waals surface area (Å²) in [5, 5.41) is 11.6. The molecule has 0 saturated heterocycles. The average molecular weight is 344 g/mol. The van der Waals surface area contributed by atoms with Crippen LogP contribution in [-0.2, 0) is 9.59 Å². The molecule has 5 nitrogen and oxygen atoms in total. The van der Waals surface area contributed by atoms with Crippen LogP contribution in [0.4, 0.5) is 0 Å². The van der Waals surface area contributed by atoms with Gasteiger partial charge >= 0.3 is 5.97 Å². The van der Waals surface area contributed by atoms with Crippen molar-refractivity contribution >= 4 is 27.8 Å². The first-order chi connectivity index (χ1) is 9.54. The number of carboxylic acids is 1. The number of para-hydroxylation sites is 1. The van der Waals surface area contributed by atoms with Gasteiger partial charge in [0.1, 0.15) is 5.75 Å². The van der Waals surface area contributed by atoms with Crippen molar-refractivity contribution in [2.45, 2.75) is 19.8 Å². The molecule has 0 spiro atoms. The molecule has 0 fully saturated rings. The van der Waals surface area contributed by atoms with Crippen molar-refractivity contribution in [2.75, 3.05) is 13.2 Å². The Balaban J connectivity index is 2.37. The van der Waals surface area contributed by atoms with Gasteiger partial charge in [0.25, 0.3) is 5.91 Å². The summed E-state index contributed by atoms with van der Waals surface area (Å²) in [4.78, 5) is 22.6. The van der Waals surface area contributed by atoms with Crippen molar-refractivity contribution in [3.63, 3.8) is 0 Å². The van der Waals surface area contributed by atoms with Crippen LogP contribution in [0.2, 0.25) is 0 Å². The van der Waals surface area contributed by atoms with E-state index in [1.807, 2.05) is 19.1 Å². The minimum atomic E-state index is -0.890. The zero-order chi connectivity index (χ0) is 15.0. The van der Waals surface area contributed by atoms with Crippen LogP contribution in [0.5, 0.6) is 5.75 Å². The molecule has 0 aliphatic carbocycles. The summed E-state index contributed by atoms with van der Waals surface area (Å²) < 4.78 is 6.11. The Morgan fingerprint density at radius 1 is 1.40 bits per heavy atom.